The van der Waals surface area contributed by atoms with E-state index < -0.39 is 10.0 Å². The second-order valence-corrected chi connectivity index (χ2v) is 8.76. The van der Waals surface area contributed by atoms with Gasteiger partial charge in [0.05, 0.1) is 12.0 Å². The van der Waals surface area contributed by atoms with Gasteiger partial charge in [0.1, 0.15) is 11.6 Å². The predicted molar refractivity (Wildman–Crippen MR) is 103 cm³/mol. The van der Waals surface area contributed by atoms with Crippen LogP contribution in [0.15, 0.2) is 57.9 Å². The molecule has 1 aliphatic heterocycles. The maximum absolute atomic E-state index is 13.4. The Morgan fingerprint density at radius 3 is 2.62 bits per heavy atom. The molecule has 1 aliphatic rings. The highest BCUT2D eigenvalue weighted by atomic mass is 32.2. The van der Waals surface area contributed by atoms with Crippen LogP contribution in [0.4, 0.5) is 4.39 Å². The van der Waals surface area contributed by atoms with Crippen molar-refractivity contribution < 1.29 is 22.1 Å². The van der Waals surface area contributed by atoms with Crippen LogP contribution in [-0.4, -0.2) is 43.1 Å². The van der Waals surface area contributed by atoms with Crippen LogP contribution in [0.25, 0.3) is 11.5 Å². The Morgan fingerprint density at radius 1 is 1.14 bits per heavy atom. The maximum Gasteiger partial charge on any atom is 0.258 e. The zero-order valence-electron chi connectivity index (χ0n) is 15.8. The highest BCUT2D eigenvalue weighted by Crippen LogP contribution is 2.31. The van der Waals surface area contributed by atoms with Crippen molar-refractivity contribution in [3.63, 3.8) is 0 Å². The number of benzene rings is 2. The van der Waals surface area contributed by atoms with E-state index in [2.05, 4.69) is 10.1 Å². The third-order valence-electron chi connectivity index (χ3n) is 5.01. The molecule has 0 bridgehead atoms. The van der Waals surface area contributed by atoms with E-state index in [1.165, 1.54) is 29.6 Å². The first-order chi connectivity index (χ1) is 14.0. The molecule has 0 saturated carbocycles. The van der Waals surface area contributed by atoms with Gasteiger partial charge in [0.15, 0.2) is 5.82 Å². The third kappa shape index (κ3) is 4.01. The maximum atomic E-state index is 13.4. The molecule has 0 atom stereocenters. The van der Waals surface area contributed by atoms with Crippen molar-refractivity contribution in [3.05, 3.63) is 60.2 Å². The Bertz CT molecular complexity index is 1110. The topological polar surface area (TPSA) is 85.5 Å². The number of ether oxygens (including phenoxy) is 1. The van der Waals surface area contributed by atoms with Crippen molar-refractivity contribution in [2.75, 3.05) is 20.2 Å². The minimum absolute atomic E-state index is 0.0159. The molecule has 0 N–H and O–H groups in total. The number of halogens is 1. The Hall–Kier alpha value is -2.78. The lowest BCUT2D eigenvalue weighted by Gasteiger charge is -2.29. The van der Waals surface area contributed by atoms with E-state index in [9.17, 15) is 12.8 Å². The number of aromatic nitrogens is 2. The van der Waals surface area contributed by atoms with Gasteiger partial charge in [-0.1, -0.05) is 17.3 Å². The molecule has 0 unspecified atom stereocenters. The van der Waals surface area contributed by atoms with Crippen LogP contribution in [0.3, 0.4) is 0 Å². The smallest absolute Gasteiger partial charge is 0.258 e. The molecule has 0 aliphatic carbocycles. The molecule has 29 heavy (non-hydrogen) atoms. The van der Waals surface area contributed by atoms with Gasteiger partial charge in [-0.2, -0.15) is 9.29 Å². The van der Waals surface area contributed by atoms with Crippen LogP contribution in [0.5, 0.6) is 5.75 Å². The Balaban J connectivity index is 1.46. The van der Waals surface area contributed by atoms with Gasteiger partial charge in [0.25, 0.3) is 5.89 Å². The summed E-state index contributed by atoms with van der Waals surface area (Å²) in [5.41, 5.74) is 0.516. The Morgan fingerprint density at radius 2 is 1.90 bits per heavy atom. The van der Waals surface area contributed by atoms with E-state index in [-0.39, 0.29) is 22.5 Å². The molecule has 0 radical (unpaired) electrons. The number of sulfonamides is 1. The van der Waals surface area contributed by atoms with Crippen LogP contribution < -0.4 is 4.74 Å². The minimum atomic E-state index is -3.60. The average Bonchev–Trinajstić information content (AvgIpc) is 3.24. The Kier molecular flexibility index (Phi) is 5.33. The van der Waals surface area contributed by atoms with Crippen molar-refractivity contribution >= 4 is 10.0 Å². The van der Waals surface area contributed by atoms with Crippen molar-refractivity contribution in [1.29, 1.82) is 0 Å². The van der Waals surface area contributed by atoms with E-state index >= 15 is 0 Å². The quantitative estimate of drug-likeness (QED) is 0.632. The van der Waals surface area contributed by atoms with Crippen LogP contribution in [-0.2, 0) is 10.0 Å². The number of rotatable bonds is 5. The fraction of sp³-hybridized carbons (Fsp3) is 0.300. The first kappa shape index (κ1) is 19.5. The zero-order chi connectivity index (χ0) is 20.4. The van der Waals surface area contributed by atoms with E-state index in [1.54, 1.807) is 30.3 Å². The van der Waals surface area contributed by atoms with Crippen LogP contribution in [0.1, 0.15) is 24.6 Å². The fourth-order valence-corrected chi connectivity index (χ4v) is 4.91. The molecule has 1 saturated heterocycles. The SMILES string of the molecule is COc1cccc(S(=O)(=O)N2CCC(c3noc(-c4cccc(F)c4)n3)CC2)c1. The largest absolute Gasteiger partial charge is 0.497 e. The molecule has 7 nitrogen and oxygen atoms in total. The van der Waals surface area contributed by atoms with Crippen LogP contribution in [0, 0.1) is 5.82 Å². The van der Waals surface area contributed by atoms with E-state index in [4.69, 9.17) is 9.26 Å². The second-order valence-electron chi connectivity index (χ2n) is 6.83. The van der Waals surface area contributed by atoms with Crippen LogP contribution >= 0.6 is 0 Å². The summed E-state index contributed by atoms with van der Waals surface area (Å²) in [6.45, 7) is 0.710. The van der Waals surface area contributed by atoms with Crippen molar-refractivity contribution in [2.45, 2.75) is 23.7 Å². The molecule has 2 heterocycles. The zero-order valence-corrected chi connectivity index (χ0v) is 16.6. The molecule has 152 valence electrons. The molecule has 2 aromatic carbocycles. The van der Waals surface area contributed by atoms with Gasteiger partial charge in [0.2, 0.25) is 10.0 Å². The van der Waals surface area contributed by atoms with Gasteiger partial charge in [0, 0.05) is 30.6 Å². The standard InChI is InChI=1S/C20H20FN3O4S/c1-27-17-6-3-7-18(13-17)29(25,26)24-10-8-14(9-11-24)19-22-20(28-23-19)15-4-2-5-16(21)12-15/h2-7,12-14H,8-11H2,1H3. The molecule has 3 aromatic rings. The van der Waals surface area contributed by atoms with Crippen molar-refractivity contribution in [3.8, 4) is 17.2 Å². The summed E-state index contributed by atoms with van der Waals surface area (Å²) in [5.74, 6) is 0.877. The molecule has 0 spiro atoms. The third-order valence-corrected chi connectivity index (χ3v) is 6.91. The molecule has 1 aromatic heterocycles. The normalized spacial score (nSPS) is 16.1. The summed E-state index contributed by atoms with van der Waals surface area (Å²) in [7, 11) is -2.10. The minimum Gasteiger partial charge on any atom is -0.497 e. The molecular formula is C20H20FN3O4S. The second kappa shape index (κ2) is 7.92. The van der Waals surface area contributed by atoms with Gasteiger partial charge in [-0.25, -0.2) is 12.8 Å². The first-order valence-electron chi connectivity index (χ1n) is 9.21. The summed E-state index contributed by atoms with van der Waals surface area (Å²) >= 11 is 0. The molecule has 9 heteroatoms. The van der Waals surface area contributed by atoms with E-state index in [0.29, 0.717) is 43.1 Å². The first-order valence-corrected chi connectivity index (χ1v) is 10.6. The van der Waals surface area contributed by atoms with Gasteiger partial charge >= 0.3 is 0 Å². The lowest BCUT2D eigenvalue weighted by atomic mass is 9.97. The summed E-state index contributed by atoms with van der Waals surface area (Å²) in [5, 5.41) is 4.02. The molecule has 0 amide bonds. The highest BCUT2D eigenvalue weighted by molar-refractivity contribution is 7.89. The van der Waals surface area contributed by atoms with Gasteiger partial charge in [-0.15, -0.1) is 0 Å². The van der Waals surface area contributed by atoms with E-state index in [1.807, 2.05) is 0 Å². The molecule has 4 rings (SSSR count). The van der Waals surface area contributed by atoms with Crippen molar-refractivity contribution in [2.24, 2.45) is 0 Å². The fourth-order valence-electron chi connectivity index (χ4n) is 3.40. The lowest BCUT2D eigenvalue weighted by Crippen LogP contribution is -2.38. The van der Waals surface area contributed by atoms with E-state index in [0.717, 1.165) is 0 Å². The monoisotopic (exact) mass is 417 g/mol. The summed E-state index contributed by atoms with van der Waals surface area (Å²) in [4.78, 5) is 4.60. The number of hydrogen-bond acceptors (Lipinski definition) is 6. The number of piperidine rings is 1. The van der Waals surface area contributed by atoms with Gasteiger partial charge in [-0.05, 0) is 43.2 Å². The number of methoxy groups -OCH3 is 1. The summed E-state index contributed by atoms with van der Waals surface area (Å²) in [6.07, 6.45) is 1.15. The summed E-state index contributed by atoms with van der Waals surface area (Å²) in [6, 6.07) is 12.4. The number of nitrogens with zero attached hydrogens (tertiary/aromatic N) is 3. The van der Waals surface area contributed by atoms with Crippen LogP contribution in [0.2, 0.25) is 0 Å². The average molecular weight is 417 g/mol. The molecule has 1 fully saturated rings. The summed E-state index contributed by atoms with van der Waals surface area (Å²) < 4.78 is 51.1. The Labute approximate surface area is 168 Å². The van der Waals surface area contributed by atoms with Crippen molar-refractivity contribution in [1.82, 2.24) is 14.4 Å². The lowest BCUT2D eigenvalue weighted by molar-refractivity contribution is 0.307. The highest BCUT2D eigenvalue weighted by Gasteiger charge is 2.32. The predicted octanol–water partition coefficient (Wildman–Crippen LogP) is 3.45. The number of hydrogen-bond donors (Lipinski definition) is 0. The van der Waals surface area contributed by atoms with Gasteiger partial charge < -0.3 is 9.26 Å². The van der Waals surface area contributed by atoms with Gasteiger partial charge in [-0.3, -0.25) is 0 Å². The molecular weight excluding hydrogens is 397 g/mol.